The fourth-order valence-corrected chi connectivity index (χ4v) is 3.35. The van der Waals surface area contributed by atoms with Crippen LogP contribution in [0, 0.1) is 0 Å². The number of aromatic nitrogens is 2. The highest BCUT2D eigenvalue weighted by molar-refractivity contribution is 5.88. The molecule has 6 nitrogen and oxygen atoms in total. The van der Waals surface area contributed by atoms with E-state index in [0.29, 0.717) is 12.2 Å². The number of ether oxygens (including phenoxy) is 1. The Morgan fingerprint density at radius 2 is 2.16 bits per heavy atom. The van der Waals surface area contributed by atoms with Gasteiger partial charge in [0.2, 0.25) is 5.91 Å². The SMILES string of the molecule is C=CC(=O)N1CCc2ccccc2C1c1cc(CC(=O)OC)nn1C. The van der Waals surface area contributed by atoms with Gasteiger partial charge in [0.15, 0.2) is 0 Å². The third-order valence-electron chi connectivity index (χ3n) is 4.54. The number of benzene rings is 1. The lowest BCUT2D eigenvalue weighted by atomic mass is 9.90. The topological polar surface area (TPSA) is 64.4 Å². The van der Waals surface area contributed by atoms with E-state index < -0.39 is 0 Å². The van der Waals surface area contributed by atoms with Crippen LogP contribution in [0.15, 0.2) is 43.0 Å². The summed E-state index contributed by atoms with van der Waals surface area (Å²) in [4.78, 5) is 25.8. The molecular formula is C19H21N3O3. The Hall–Kier alpha value is -2.89. The van der Waals surface area contributed by atoms with Gasteiger partial charge in [-0.3, -0.25) is 14.3 Å². The Morgan fingerprint density at radius 3 is 2.88 bits per heavy atom. The van der Waals surface area contributed by atoms with Crippen LogP contribution >= 0.6 is 0 Å². The van der Waals surface area contributed by atoms with Gasteiger partial charge in [0.05, 0.1) is 31.0 Å². The van der Waals surface area contributed by atoms with Gasteiger partial charge in [0.1, 0.15) is 0 Å². The van der Waals surface area contributed by atoms with E-state index in [1.54, 1.807) is 9.58 Å². The first-order chi connectivity index (χ1) is 12.0. The maximum atomic E-state index is 12.4. The maximum absolute atomic E-state index is 12.4. The number of aryl methyl sites for hydroxylation is 1. The van der Waals surface area contributed by atoms with Crippen molar-refractivity contribution < 1.29 is 14.3 Å². The summed E-state index contributed by atoms with van der Waals surface area (Å²) < 4.78 is 6.45. The van der Waals surface area contributed by atoms with Crippen molar-refractivity contribution in [1.29, 1.82) is 0 Å². The molecule has 1 unspecified atom stereocenters. The number of amides is 1. The van der Waals surface area contributed by atoms with Crippen LogP contribution in [-0.4, -0.2) is 40.2 Å². The predicted molar refractivity (Wildman–Crippen MR) is 92.8 cm³/mol. The van der Waals surface area contributed by atoms with Crippen molar-refractivity contribution in [2.24, 2.45) is 7.05 Å². The lowest BCUT2D eigenvalue weighted by Gasteiger charge is -2.36. The number of hydrogen-bond acceptors (Lipinski definition) is 4. The van der Waals surface area contributed by atoms with Crippen LogP contribution in [-0.2, 0) is 34.2 Å². The van der Waals surface area contributed by atoms with E-state index in [2.05, 4.69) is 17.7 Å². The van der Waals surface area contributed by atoms with Crippen LogP contribution in [0.1, 0.15) is 28.6 Å². The van der Waals surface area contributed by atoms with E-state index in [0.717, 1.165) is 17.7 Å². The quantitative estimate of drug-likeness (QED) is 0.629. The molecule has 0 saturated heterocycles. The molecule has 25 heavy (non-hydrogen) atoms. The van der Waals surface area contributed by atoms with E-state index >= 15 is 0 Å². The number of nitrogens with zero attached hydrogens (tertiary/aromatic N) is 3. The van der Waals surface area contributed by atoms with Crippen molar-refractivity contribution in [3.8, 4) is 0 Å². The Labute approximate surface area is 146 Å². The van der Waals surface area contributed by atoms with Crippen molar-refractivity contribution in [1.82, 2.24) is 14.7 Å². The summed E-state index contributed by atoms with van der Waals surface area (Å²) in [6.45, 7) is 4.24. The molecule has 0 fully saturated rings. The van der Waals surface area contributed by atoms with Crippen LogP contribution in [0.25, 0.3) is 0 Å². The highest BCUT2D eigenvalue weighted by Gasteiger charge is 2.33. The first-order valence-corrected chi connectivity index (χ1v) is 8.15. The van der Waals surface area contributed by atoms with Gasteiger partial charge in [0.25, 0.3) is 0 Å². The van der Waals surface area contributed by atoms with Gasteiger partial charge in [-0.25, -0.2) is 0 Å². The number of esters is 1. The first kappa shape index (κ1) is 17.0. The smallest absolute Gasteiger partial charge is 0.311 e. The molecule has 0 bridgehead atoms. The van der Waals surface area contributed by atoms with Crippen LogP contribution < -0.4 is 0 Å². The summed E-state index contributed by atoms with van der Waals surface area (Å²) >= 11 is 0. The summed E-state index contributed by atoms with van der Waals surface area (Å²) in [6, 6.07) is 9.72. The van der Waals surface area contributed by atoms with E-state index in [9.17, 15) is 9.59 Å². The second-order valence-corrected chi connectivity index (χ2v) is 6.02. The Balaban J connectivity index is 2.06. The minimum Gasteiger partial charge on any atom is -0.469 e. The van der Waals surface area contributed by atoms with E-state index in [4.69, 9.17) is 4.74 Å². The number of carbonyl (C=O) groups excluding carboxylic acids is 2. The van der Waals surface area contributed by atoms with Crippen LogP contribution in [0.2, 0.25) is 0 Å². The van der Waals surface area contributed by atoms with Crippen LogP contribution in [0.3, 0.4) is 0 Å². The molecule has 1 aromatic carbocycles. The molecule has 1 aromatic heterocycles. The van der Waals surface area contributed by atoms with Crippen molar-refractivity contribution in [2.75, 3.05) is 13.7 Å². The number of rotatable bonds is 4. The van der Waals surface area contributed by atoms with Gasteiger partial charge >= 0.3 is 5.97 Å². The average molecular weight is 339 g/mol. The van der Waals surface area contributed by atoms with Gasteiger partial charge in [-0.15, -0.1) is 0 Å². The summed E-state index contributed by atoms with van der Waals surface area (Å²) in [5.74, 6) is -0.456. The van der Waals surface area contributed by atoms with Crippen LogP contribution in [0.4, 0.5) is 0 Å². The van der Waals surface area contributed by atoms with Crippen LogP contribution in [0.5, 0.6) is 0 Å². The Morgan fingerprint density at radius 1 is 1.40 bits per heavy atom. The molecule has 1 amide bonds. The highest BCUT2D eigenvalue weighted by atomic mass is 16.5. The second kappa shape index (κ2) is 6.93. The molecule has 0 aliphatic carbocycles. The van der Waals surface area contributed by atoms with E-state index in [1.165, 1.54) is 18.7 Å². The van der Waals surface area contributed by atoms with Gasteiger partial charge in [0, 0.05) is 13.6 Å². The minimum atomic E-state index is -0.340. The van der Waals surface area contributed by atoms with Crippen molar-refractivity contribution >= 4 is 11.9 Å². The number of fused-ring (bicyclic) bond motifs is 1. The molecule has 1 aliphatic heterocycles. The number of hydrogen-bond donors (Lipinski definition) is 0. The minimum absolute atomic E-state index is 0.105. The highest BCUT2D eigenvalue weighted by Crippen LogP contribution is 2.35. The Bertz CT molecular complexity index is 825. The molecule has 2 heterocycles. The molecule has 0 N–H and O–H groups in total. The molecule has 0 saturated carbocycles. The van der Waals surface area contributed by atoms with Crippen molar-refractivity contribution in [3.05, 3.63) is 65.5 Å². The monoisotopic (exact) mass is 339 g/mol. The molecular weight excluding hydrogens is 318 g/mol. The standard InChI is InChI=1S/C19H21N3O3/c1-4-17(23)22-10-9-13-7-5-6-8-15(13)19(22)16-11-14(20-21(16)2)12-18(24)25-3/h4-8,11,19H,1,9-10,12H2,2-3H3. The molecule has 0 radical (unpaired) electrons. The molecule has 2 aromatic rings. The zero-order valence-corrected chi connectivity index (χ0v) is 14.4. The third-order valence-corrected chi connectivity index (χ3v) is 4.54. The molecule has 6 heteroatoms. The molecule has 1 aliphatic rings. The molecule has 1 atom stereocenters. The fraction of sp³-hybridized carbons (Fsp3) is 0.316. The summed E-state index contributed by atoms with van der Waals surface area (Å²) in [7, 11) is 3.18. The zero-order valence-electron chi connectivity index (χ0n) is 14.4. The lowest BCUT2D eigenvalue weighted by Crippen LogP contribution is -2.40. The van der Waals surface area contributed by atoms with Gasteiger partial charge < -0.3 is 9.64 Å². The average Bonchev–Trinajstić information content (AvgIpc) is 2.99. The predicted octanol–water partition coefficient (Wildman–Crippen LogP) is 1.80. The number of methoxy groups -OCH3 is 1. The molecule has 3 rings (SSSR count). The van der Waals surface area contributed by atoms with Gasteiger partial charge in [-0.1, -0.05) is 30.8 Å². The maximum Gasteiger partial charge on any atom is 0.311 e. The van der Waals surface area contributed by atoms with E-state index in [-0.39, 0.29) is 24.3 Å². The van der Waals surface area contributed by atoms with Gasteiger partial charge in [-0.05, 0) is 29.7 Å². The van der Waals surface area contributed by atoms with Gasteiger partial charge in [-0.2, -0.15) is 5.10 Å². The van der Waals surface area contributed by atoms with E-state index in [1.807, 2.05) is 31.3 Å². The summed E-state index contributed by atoms with van der Waals surface area (Å²) in [5.41, 5.74) is 3.78. The second-order valence-electron chi connectivity index (χ2n) is 6.02. The summed E-state index contributed by atoms with van der Waals surface area (Å²) in [5, 5.41) is 4.42. The first-order valence-electron chi connectivity index (χ1n) is 8.15. The normalized spacial score (nSPS) is 16.2. The third kappa shape index (κ3) is 3.20. The number of carbonyl (C=O) groups is 2. The Kier molecular flexibility index (Phi) is 4.70. The summed E-state index contributed by atoms with van der Waals surface area (Å²) in [6.07, 6.45) is 2.25. The fourth-order valence-electron chi connectivity index (χ4n) is 3.35. The molecule has 130 valence electrons. The lowest BCUT2D eigenvalue weighted by molar-refractivity contribution is -0.139. The van der Waals surface area contributed by atoms with Crippen molar-refractivity contribution in [3.63, 3.8) is 0 Å². The molecule has 0 spiro atoms. The largest absolute Gasteiger partial charge is 0.469 e. The zero-order chi connectivity index (χ0) is 18.0. The van der Waals surface area contributed by atoms with Crippen molar-refractivity contribution in [2.45, 2.75) is 18.9 Å².